The zero-order valence-corrected chi connectivity index (χ0v) is 17.9. The molecule has 1 fully saturated rings. The van der Waals surface area contributed by atoms with Crippen molar-refractivity contribution in [3.8, 4) is 0 Å². The maximum absolute atomic E-state index is 12.4. The Balaban J connectivity index is 1.24. The van der Waals surface area contributed by atoms with Crippen LogP contribution < -0.4 is 5.32 Å². The van der Waals surface area contributed by atoms with Gasteiger partial charge in [0, 0.05) is 20.2 Å². The Hall–Kier alpha value is -1.75. The van der Waals surface area contributed by atoms with Gasteiger partial charge in [0.2, 0.25) is 11.0 Å². The summed E-state index contributed by atoms with van der Waals surface area (Å²) in [5.41, 5.74) is 0.981. The molecule has 1 atom stereocenters. The van der Waals surface area contributed by atoms with Gasteiger partial charge < -0.3 is 15.0 Å². The summed E-state index contributed by atoms with van der Waals surface area (Å²) in [5.74, 6) is 0.384. The standard InChI is InChI=1S/C18H21N5O2S3/c1-23(10-15-20-13-6-2-3-7-14(13)27-15)16(24)11-26-18-22-21-17(28-18)19-9-12-5-4-8-25-12/h2-3,6-7,12H,4-5,8-11H2,1H3,(H,19,21)/t12-/m0/s1. The van der Waals surface area contributed by atoms with Gasteiger partial charge in [-0.25, -0.2) is 4.98 Å². The average molecular weight is 436 g/mol. The second kappa shape index (κ2) is 9.17. The van der Waals surface area contributed by atoms with Gasteiger partial charge in [0.05, 0.1) is 28.6 Å². The molecule has 28 heavy (non-hydrogen) atoms. The molecule has 0 radical (unpaired) electrons. The highest BCUT2D eigenvalue weighted by molar-refractivity contribution is 8.01. The van der Waals surface area contributed by atoms with Crippen molar-refractivity contribution in [2.75, 3.05) is 31.3 Å². The molecular weight excluding hydrogens is 414 g/mol. The van der Waals surface area contributed by atoms with Crippen molar-refractivity contribution in [2.24, 2.45) is 0 Å². The molecular formula is C18H21N5O2S3. The number of rotatable bonds is 8. The number of hydrogen-bond acceptors (Lipinski definition) is 9. The van der Waals surface area contributed by atoms with Crippen LogP contribution in [0, 0.1) is 0 Å². The summed E-state index contributed by atoms with van der Waals surface area (Å²) in [4.78, 5) is 18.7. The number of amides is 1. The van der Waals surface area contributed by atoms with Crippen LogP contribution in [-0.2, 0) is 16.1 Å². The summed E-state index contributed by atoms with van der Waals surface area (Å²) in [6, 6.07) is 8.02. The fourth-order valence-electron chi connectivity index (χ4n) is 2.86. The van der Waals surface area contributed by atoms with Crippen LogP contribution in [0.15, 0.2) is 28.6 Å². The number of anilines is 1. The molecule has 1 aliphatic heterocycles. The van der Waals surface area contributed by atoms with E-state index in [4.69, 9.17) is 4.74 Å². The predicted octanol–water partition coefficient (Wildman–Crippen LogP) is 3.49. The lowest BCUT2D eigenvalue weighted by Gasteiger charge is -2.14. The smallest absolute Gasteiger partial charge is 0.233 e. The maximum Gasteiger partial charge on any atom is 0.233 e. The number of thioether (sulfide) groups is 1. The van der Waals surface area contributed by atoms with E-state index < -0.39 is 0 Å². The highest BCUT2D eigenvalue weighted by Crippen LogP contribution is 2.27. The number of carbonyl (C=O) groups excluding carboxylic acids is 1. The van der Waals surface area contributed by atoms with Crippen molar-refractivity contribution in [3.63, 3.8) is 0 Å². The molecule has 3 heterocycles. The van der Waals surface area contributed by atoms with Crippen LogP contribution in [0.25, 0.3) is 10.2 Å². The highest BCUT2D eigenvalue weighted by atomic mass is 32.2. The van der Waals surface area contributed by atoms with Gasteiger partial charge in [-0.2, -0.15) is 0 Å². The third-order valence-electron chi connectivity index (χ3n) is 4.37. The lowest BCUT2D eigenvalue weighted by molar-refractivity contribution is -0.127. The molecule has 0 saturated carbocycles. The number of ether oxygens (including phenoxy) is 1. The van der Waals surface area contributed by atoms with Crippen LogP contribution in [0.5, 0.6) is 0 Å². The van der Waals surface area contributed by atoms with Gasteiger partial charge in [-0.05, 0) is 25.0 Å². The number of benzene rings is 1. The molecule has 1 N–H and O–H groups in total. The highest BCUT2D eigenvalue weighted by Gasteiger charge is 2.17. The average Bonchev–Trinajstić information content (AvgIpc) is 3.44. The largest absolute Gasteiger partial charge is 0.376 e. The van der Waals surface area contributed by atoms with E-state index in [0.717, 1.165) is 50.7 Å². The Morgan fingerprint density at radius 3 is 3.07 bits per heavy atom. The second-order valence-electron chi connectivity index (χ2n) is 6.50. The van der Waals surface area contributed by atoms with Crippen LogP contribution in [-0.4, -0.2) is 58.0 Å². The van der Waals surface area contributed by atoms with Gasteiger partial charge in [0.25, 0.3) is 0 Å². The number of carbonyl (C=O) groups is 1. The number of para-hydroxylation sites is 1. The Labute approximate surface area is 175 Å². The van der Waals surface area contributed by atoms with Crippen LogP contribution in [0.4, 0.5) is 5.13 Å². The Morgan fingerprint density at radius 1 is 1.36 bits per heavy atom. The zero-order valence-electron chi connectivity index (χ0n) is 15.5. The fourth-order valence-corrected chi connectivity index (χ4v) is 5.58. The van der Waals surface area contributed by atoms with Gasteiger partial charge >= 0.3 is 0 Å². The minimum absolute atomic E-state index is 0.0494. The number of aromatic nitrogens is 3. The third-order valence-corrected chi connectivity index (χ3v) is 7.39. The molecule has 3 aromatic rings. The molecule has 2 aromatic heterocycles. The predicted molar refractivity (Wildman–Crippen MR) is 114 cm³/mol. The van der Waals surface area contributed by atoms with E-state index in [1.165, 1.54) is 23.1 Å². The van der Waals surface area contributed by atoms with Gasteiger partial charge in [-0.1, -0.05) is 35.2 Å². The summed E-state index contributed by atoms with van der Waals surface area (Å²) in [6.45, 7) is 2.11. The van der Waals surface area contributed by atoms with Crippen LogP contribution in [0.3, 0.4) is 0 Å². The minimum atomic E-state index is 0.0494. The fraction of sp³-hybridized carbons (Fsp3) is 0.444. The SMILES string of the molecule is CN(Cc1nc2ccccc2s1)C(=O)CSc1nnc(NC[C@@H]2CCCO2)s1. The van der Waals surface area contributed by atoms with Crippen LogP contribution in [0.1, 0.15) is 17.8 Å². The lowest BCUT2D eigenvalue weighted by Crippen LogP contribution is -2.27. The van der Waals surface area contributed by atoms with Crippen molar-refractivity contribution < 1.29 is 9.53 Å². The van der Waals surface area contributed by atoms with Gasteiger partial charge in [0.15, 0.2) is 4.34 Å². The molecule has 1 aromatic carbocycles. The third kappa shape index (κ3) is 4.99. The first-order valence-electron chi connectivity index (χ1n) is 9.07. The topological polar surface area (TPSA) is 80.2 Å². The van der Waals surface area contributed by atoms with Crippen molar-refractivity contribution >= 4 is 55.7 Å². The first-order chi connectivity index (χ1) is 13.7. The monoisotopic (exact) mass is 435 g/mol. The van der Waals surface area contributed by atoms with E-state index in [2.05, 4.69) is 20.5 Å². The molecule has 10 heteroatoms. The molecule has 7 nitrogen and oxygen atoms in total. The number of nitrogens with one attached hydrogen (secondary N) is 1. The Morgan fingerprint density at radius 2 is 2.25 bits per heavy atom. The molecule has 0 bridgehead atoms. The number of hydrogen-bond donors (Lipinski definition) is 1. The zero-order chi connectivity index (χ0) is 19.3. The first-order valence-corrected chi connectivity index (χ1v) is 11.7. The summed E-state index contributed by atoms with van der Waals surface area (Å²) in [7, 11) is 1.81. The normalized spacial score (nSPS) is 16.5. The quantitative estimate of drug-likeness (QED) is 0.543. The van der Waals surface area contributed by atoms with E-state index in [-0.39, 0.29) is 12.0 Å². The first kappa shape index (κ1) is 19.6. The van der Waals surface area contributed by atoms with E-state index in [9.17, 15) is 4.79 Å². The van der Waals surface area contributed by atoms with Crippen molar-refractivity contribution in [1.82, 2.24) is 20.1 Å². The van der Waals surface area contributed by atoms with Crippen LogP contribution >= 0.6 is 34.4 Å². The van der Waals surface area contributed by atoms with Crippen LogP contribution in [0.2, 0.25) is 0 Å². The molecule has 1 amide bonds. The number of nitrogens with zero attached hydrogens (tertiary/aromatic N) is 4. The Kier molecular flexibility index (Phi) is 6.40. The number of fused-ring (bicyclic) bond motifs is 1. The van der Waals surface area contributed by atoms with Crippen molar-refractivity contribution in [2.45, 2.75) is 29.8 Å². The summed E-state index contributed by atoms with van der Waals surface area (Å²) in [5, 5.41) is 13.3. The molecule has 148 valence electrons. The van der Waals surface area contributed by atoms with E-state index in [0.29, 0.717) is 12.3 Å². The lowest BCUT2D eigenvalue weighted by atomic mass is 10.2. The Bertz CT molecular complexity index is 905. The van der Waals surface area contributed by atoms with Gasteiger partial charge in [0.1, 0.15) is 5.01 Å². The van der Waals surface area contributed by atoms with Crippen molar-refractivity contribution in [3.05, 3.63) is 29.3 Å². The summed E-state index contributed by atoms with van der Waals surface area (Å²) >= 11 is 4.51. The van der Waals surface area contributed by atoms with E-state index >= 15 is 0 Å². The molecule has 0 unspecified atom stereocenters. The molecule has 1 saturated heterocycles. The van der Waals surface area contributed by atoms with Gasteiger partial charge in [-0.15, -0.1) is 21.5 Å². The van der Waals surface area contributed by atoms with E-state index in [1.807, 2.05) is 31.3 Å². The van der Waals surface area contributed by atoms with E-state index in [1.54, 1.807) is 16.2 Å². The molecule has 0 spiro atoms. The second-order valence-corrected chi connectivity index (χ2v) is 9.82. The summed E-state index contributed by atoms with van der Waals surface area (Å²) in [6.07, 6.45) is 2.47. The number of thiazole rings is 1. The maximum atomic E-state index is 12.4. The molecule has 0 aliphatic carbocycles. The van der Waals surface area contributed by atoms with Gasteiger partial charge in [-0.3, -0.25) is 4.79 Å². The minimum Gasteiger partial charge on any atom is -0.376 e. The molecule has 1 aliphatic rings. The van der Waals surface area contributed by atoms with Crippen molar-refractivity contribution in [1.29, 1.82) is 0 Å². The molecule has 4 rings (SSSR count). The summed E-state index contributed by atoms with van der Waals surface area (Å²) < 4.78 is 7.52.